The number of ether oxygens (including phenoxy) is 1. The number of carbonyl (C=O) groups excluding carboxylic acids is 1. The molecular weight excluding hydrogens is 304 g/mol. The summed E-state index contributed by atoms with van der Waals surface area (Å²) in [7, 11) is 0. The molecule has 22 heavy (non-hydrogen) atoms. The molecule has 1 aliphatic rings. The Morgan fingerprint density at radius 3 is 2.45 bits per heavy atom. The van der Waals surface area contributed by atoms with Crippen LogP contribution >= 0.6 is 0 Å². The number of nitrogens with one attached hydrogen (secondary N) is 1. The number of amides is 1. The van der Waals surface area contributed by atoms with E-state index in [1.165, 1.54) is 0 Å². The van der Waals surface area contributed by atoms with Gasteiger partial charge in [-0.15, -0.1) is 0 Å². The molecule has 1 fully saturated rings. The van der Waals surface area contributed by atoms with Crippen LogP contribution in [0.3, 0.4) is 0 Å². The zero-order chi connectivity index (χ0) is 17.1. The Balaban J connectivity index is 3.07. The number of aliphatic carboxylic acids is 1. The Morgan fingerprint density at radius 1 is 1.41 bits per heavy atom. The molecule has 0 saturated carbocycles. The zero-order valence-electron chi connectivity index (χ0n) is 11.5. The van der Waals surface area contributed by atoms with Gasteiger partial charge in [-0.25, -0.2) is 4.79 Å². The number of rotatable bonds is 6. The standard InChI is InChI=1S/C11H20N2O9/c12-2-6(17)13-7-4(15)1-11(21,10(19)20)22-9(7)8(18)5(16)3-14/h4-5,7-9,14-16,18,21H,1-3,12H2,(H,13,17)(H,19,20)/t4-,5-,7-,8-,9?,11-/m1/s1. The summed E-state index contributed by atoms with van der Waals surface area (Å²) in [6.45, 7) is -1.34. The fourth-order valence-corrected chi connectivity index (χ4v) is 2.15. The first-order valence-corrected chi connectivity index (χ1v) is 6.44. The quantitative estimate of drug-likeness (QED) is 0.234. The van der Waals surface area contributed by atoms with Gasteiger partial charge in [0.2, 0.25) is 5.91 Å². The van der Waals surface area contributed by atoms with E-state index in [0.29, 0.717) is 0 Å². The van der Waals surface area contributed by atoms with Gasteiger partial charge in [0.15, 0.2) is 0 Å². The molecule has 0 aliphatic carbocycles. The normalized spacial score (nSPS) is 34.7. The second-order valence-corrected chi connectivity index (χ2v) is 4.98. The minimum atomic E-state index is -2.82. The summed E-state index contributed by atoms with van der Waals surface area (Å²) in [6, 6.07) is -1.34. The Labute approximate surface area is 124 Å². The van der Waals surface area contributed by atoms with Crippen LogP contribution in [0.15, 0.2) is 0 Å². The summed E-state index contributed by atoms with van der Waals surface area (Å²) in [5.74, 6) is -5.36. The van der Waals surface area contributed by atoms with E-state index in [0.717, 1.165) is 0 Å². The van der Waals surface area contributed by atoms with Crippen LogP contribution < -0.4 is 11.1 Å². The van der Waals surface area contributed by atoms with Crippen molar-refractivity contribution < 1.29 is 45.0 Å². The zero-order valence-corrected chi connectivity index (χ0v) is 11.5. The third-order valence-corrected chi connectivity index (χ3v) is 3.35. The number of carbonyl (C=O) groups is 2. The molecule has 11 heteroatoms. The Kier molecular flexibility index (Phi) is 6.19. The molecule has 0 spiro atoms. The molecule has 0 aromatic rings. The van der Waals surface area contributed by atoms with Crippen molar-refractivity contribution in [1.82, 2.24) is 5.32 Å². The van der Waals surface area contributed by atoms with Gasteiger partial charge >= 0.3 is 5.97 Å². The van der Waals surface area contributed by atoms with E-state index >= 15 is 0 Å². The predicted octanol–water partition coefficient (Wildman–Crippen LogP) is -4.93. The first kappa shape index (κ1) is 18.7. The average Bonchev–Trinajstić information content (AvgIpc) is 2.47. The van der Waals surface area contributed by atoms with Crippen LogP contribution in [0, 0.1) is 0 Å². The van der Waals surface area contributed by atoms with Gasteiger partial charge in [-0.3, -0.25) is 4.79 Å². The van der Waals surface area contributed by atoms with Gasteiger partial charge in [-0.1, -0.05) is 0 Å². The summed E-state index contributed by atoms with van der Waals surface area (Å²) in [5.41, 5.74) is 5.11. The van der Waals surface area contributed by atoms with E-state index in [2.05, 4.69) is 5.32 Å². The molecule has 1 rings (SSSR count). The molecule has 0 bridgehead atoms. The van der Waals surface area contributed by atoms with E-state index < -0.39 is 67.7 Å². The third kappa shape index (κ3) is 3.89. The van der Waals surface area contributed by atoms with Crippen LogP contribution in [-0.4, -0.2) is 91.9 Å². The fourth-order valence-electron chi connectivity index (χ4n) is 2.15. The molecule has 1 unspecified atom stereocenters. The van der Waals surface area contributed by atoms with E-state index in [1.807, 2.05) is 0 Å². The minimum Gasteiger partial charge on any atom is -0.477 e. The van der Waals surface area contributed by atoms with Gasteiger partial charge in [0.05, 0.1) is 25.3 Å². The van der Waals surface area contributed by atoms with E-state index in [9.17, 15) is 30.0 Å². The van der Waals surface area contributed by atoms with Crippen LogP contribution in [0.4, 0.5) is 0 Å². The number of aliphatic hydroxyl groups is 5. The lowest BCUT2D eigenvalue weighted by molar-refractivity contribution is -0.295. The van der Waals surface area contributed by atoms with Crippen LogP contribution in [-0.2, 0) is 14.3 Å². The topological polar surface area (TPSA) is 203 Å². The summed E-state index contributed by atoms with van der Waals surface area (Å²) in [5, 5.41) is 59.1. The molecule has 0 aromatic heterocycles. The summed E-state index contributed by atoms with van der Waals surface area (Å²) >= 11 is 0. The molecule has 9 N–H and O–H groups in total. The second-order valence-electron chi connectivity index (χ2n) is 4.98. The first-order valence-electron chi connectivity index (χ1n) is 6.44. The molecule has 1 amide bonds. The largest absolute Gasteiger partial charge is 0.477 e. The van der Waals surface area contributed by atoms with Gasteiger partial charge in [0, 0.05) is 6.42 Å². The molecule has 0 radical (unpaired) electrons. The number of hydrogen-bond donors (Lipinski definition) is 8. The maximum atomic E-state index is 11.4. The number of carboxylic acids is 1. The molecule has 6 atom stereocenters. The number of nitrogens with two attached hydrogens (primary N) is 1. The van der Waals surface area contributed by atoms with Crippen LogP contribution in [0.1, 0.15) is 6.42 Å². The summed E-state index contributed by atoms with van der Waals surface area (Å²) < 4.78 is 4.87. The van der Waals surface area contributed by atoms with E-state index in [1.54, 1.807) is 0 Å². The van der Waals surface area contributed by atoms with Crippen molar-refractivity contribution in [3.8, 4) is 0 Å². The number of carboxylic acid groups (broad SMARTS) is 1. The van der Waals surface area contributed by atoms with Gasteiger partial charge in [-0.2, -0.15) is 0 Å². The minimum absolute atomic E-state index is 0.447. The maximum Gasteiger partial charge on any atom is 0.364 e. The summed E-state index contributed by atoms with van der Waals surface area (Å²) in [4.78, 5) is 22.4. The highest BCUT2D eigenvalue weighted by Gasteiger charge is 2.53. The van der Waals surface area contributed by atoms with Gasteiger partial charge in [-0.05, 0) is 0 Å². The molecular formula is C11H20N2O9. The molecule has 1 aliphatic heterocycles. The van der Waals surface area contributed by atoms with Gasteiger partial charge in [0.1, 0.15) is 18.3 Å². The number of hydrogen-bond acceptors (Lipinski definition) is 9. The van der Waals surface area contributed by atoms with E-state index in [-0.39, 0.29) is 0 Å². The lowest BCUT2D eigenvalue weighted by Crippen LogP contribution is -2.67. The monoisotopic (exact) mass is 324 g/mol. The Bertz CT molecular complexity index is 420. The molecule has 0 aromatic carbocycles. The molecule has 1 saturated heterocycles. The fraction of sp³-hybridized carbons (Fsp3) is 0.818. The molecule has 128 valence electrons. The van der Waals surface area contributed by atoms with Crippen molar-refractivity contribution >= 4 is 11.9 Å². The number of aliphatic hydroxyl groups excluding tert-OH is 4. The lowest BCUT2D eigenvalue weighted by atomic mass is 9.88. The average molecular weight is 324 g/mol. The van der Waals surface area contributed by atoms with E-state index in [4.69, 9.17) is 20.7 Å². The highest BCUT2D eigenvalue weighted by Crippen LogP contribution is 2.30. The Morgan fingerprint density at radius 2 is 2.00 bits per heavy atom. The summed E-state index contributed by atoms with van der Waals surface area (Å²) in [6.07, 6.45) is -7.70. The first-order chi connectivity index (χ1) is 10.2. The van der Waals surface area contributed by atoms with Crippen molar-refractivity contribution in [3.63, 3.8) is 0 Å². The highest BCUT2D eigenvalue weighted by molar-refractivity contribution is 5.78. The maximum absolute atomic E-state index is 11.4. The lowest BCUT2D eigenvalue weighted by Gasteiger charge is -2.44. The molecule has 1 heterocycles. The van der Waals surface area contributed by atoms with Crippen molar-refractivity contribution in [2.24, 2.45) is 5.73 Å². The van der Waals surface area contributed by atoms with Crippen LogP contribution in [0.5, 0.6) is 0 Å². The highest BCUT2D eigenvalue weighted by atomic mass is 16.7. The van der Waals surface area contributed by atoms with Crippen LogP contribution in [0.25, 0.3) is 0 Å². The predicted molar refractivity (Wildman–Crippen MR) is 68.2 cm³/mol. The smallest absolute Gasteiger partial charge is 0.364 e. The third-order valence-electron chi connectivity index (χ3n) is 3.35. The van der Waals surface area contributed by atoms with Crippen molar-refractivity contribution in [1.29, 1.82) is 0 Å². The van der Waals surface area contributed by atoms with Crippen LogP contribution in [0.2, 0.25) is 0 Å². The molecule has 11 nitrogen and oxygen atoms in total. The van der Waals surface area contributed by atoms with Crippen molar-refractivity contribution in [2.45, 2.75) is 42.7 Å². The van der Waals surface area contributed by atoms with Gasteiger partial charge in [0.25, 0.3) is 5.79 Å². The Hall–Kier alpha value is -1.34. The van der Waals surface area contributed by atoms with Gasteiger partial charge < -0.3 is 46.4 Å². The van der Waals surface area contributed by atoms with Crippen molar-refractivity contribution in [3.05, 3.63) is 0 Å². The second kappa shape index (κ2) is 7.28. The van der Waals surface area contributed by atoms with Crippen molar-refractivity contribution in [2.75, 3.05) is 13.2 Å². The SMILES string of the molecule is NCC(=O)N[C@H]1C([C@H](O)[C@H](O)CO)O[C@@](O)(C(=O)O)C[C@H]1O.